The fourth-order valence-corrected chi connectivity index (χ4v) is 3.51. The number of carbonyl (C=O) groups is 4. The monoisotopic (exact) mass is 442 g/mol. The Balaban J connectivity index is 1.73. The lowest BCUT2D eigenvalue weighted by molar-refractivity contribution is -0.158. The van der Waals surface area contributed by atoms with Crippen molar-refractivity contribution in [3.05, 3.63) is 65.5 Å². The second kappa shape index (κ2) is 9.59. The lowest BCUT2D eigenvalue weighted by Crippen LogP contribution is -2.57. The van der Waals surface area contributed by atoms with Gasteiger partial charge in [-0.1, -0.05) is 30.3 Å². The maximum Gasteiger partial charge on any atom is 0.411 e. The molecule has 1 fully saturated rings. The number of Topliss-reactive ketones (excluding diaryl/α,β-unsaturated/α-hetero) is 1. The quantitative estimate of drug-likeness (QED) is 0.526. The Morgan fingerprint density at radius 1 is 1.16 bits per heavy atom. The third-order valence-corrected chi connectivity index (χ3v) is 5.05. The van der Waals surface area contributed by atoms with E-state index in [-0.39, 0.29) is 30.9 Å². The summed E-state index contributed by atoms with van der Waals surface area (Å²) in [7, 11) is 0. The standard InChI is InChI=1S/C23H23FN2O6/c1-3-31-21(29)19-18(27)12-23(2,26-20(19)28)16-11-15(9-10-17(16)24)25-22(30)32-13-14-7-5-4-6-8-14/h4-11,19H,3,12-13H2,1-2H3,(H,25,30)(H,26,28)/t19?,23-/m0/s1. The number of ketones is 1. The van der Waals surface area contributed by atoms with Gasteiger partial charge in [-0.3, -0.25) is 19.7 Å². The molecule has 2 atom stereocenters. The summed E-state index contributed by atoms with van der Waals surface area (Å²) in [5, 5.41) is 5.06. The number of halogens is 1. The van der Waals surface area contributed by atoms with Gasteiger partial charge >= 0.3 is 12.1 Å². The summed E-state index contributed by atoms with van der Waals surface area (Å²) in [6, 6.07) is 12.8. The summed E-state index contributed by atoms with van der Waals surface area (Å²) in [5.41, 5.74) is -0.404. The van der Waals surface area contributed by atoms with Gasteiger partial charge in [0.25, 0.3) is 0 Å². The summed E-state index contributed by atoms with van der Waals surface area (Å²) >= 11 is 0. The molecule has 9 heteroatoms. The zero-order chi connectivity index (χ0) is 23.3. The smallest absolute Gasteiger partial charge is 0.411 e. The molecule has 32 heavy (non-hydrogen) atoms. The summed E-state index contributed by atoms with van der Waals surface area (Å²) in [6.45, 7) is 3.11. The molecular formula is C23H23FN2O6. The van der Waals surface area contributed by atoms with Crippen LogP contribution < -0.4 is 10.6 Å². The van der Waals surface area contributed by atoms with Crippen molar-refractivity contribution in [1.82, 2.24) is 5.32 Å². The third kappa shape index (κ3) is 5.11. The molecular weight excluding hydrogens is 419 g/mol. The number of ether oxygens (including phenoxy) is 2. The highest BCUT2D eigenvalue weighted by Crippen LogP contribution is 2.34. The number of nitrogens with one attached hydrogen (secondary N) is 2. The second-order valence-electron chi connectivity index (χ2n) is 7.53. The Morgan fingerprint density at radius 2 is 1.88 bits per heavy atom. The molecule has 1 saturated heterocycles. The van der Waals surface area contributed by atoms with Gasteiger partial charge in [-0.05, 0) is 37.6 Å². The SMILES string of the molecule is CCOC(=O)C1C(=O)C[C@@](C)(c2cc(NC(=O)OCc3ccccc3)ccc2F)NC1=O. The molecule has 0 radical (unpaired) electrons. The molecule has 8 nitrogen and oxygen atoms in total. The van der Waals surface area contributed by atoms with Gasteiger partial charge in [-0.15, -0.1) is 0 Å². The summed E-state index contributed by atoms with van der Waals surface area (Å²) in [5.74, 6) is -4.73. The molecule has 0 aromatic heterocycles. The summed E-state index contributed by atoms with van der Waals surface area (Å²) < 4.78 is 24.6. The molecule has 1 aliphatic rings. The van der Waals surface area contributed by atoms with Crippen LogP contribution in [0.15, 0.2) is 48.5 Å². The van der Waals surface area contributed by atoms with Gasteiger partial charge in [0.15, 0.2) is 11.7 Å². The Labute approximate surface area is 184 Å². The lowest BCUT2D eigenvalue weighted by Gasteiger charge is -2.37. The maximum atomic E-state index is 14.6. The zero-order valence-corrected chi connectivity index (χ0v) is 17.6. The van der Waals surface area contributed by atoms with Crippen LogP contribution in [0.2, 0.25) is 0 Å². The topological polar surface area (TPSA) is 111 Å². The van der Waals surface area contributed by atoms with E-state index in [1.165, 1.54) is 19.1 Å². The number of rotatable bonds is 6. The fourth-order valence-electron chi connectivity index (χ4n) is 3.51. The van der Waals surface area contributed by atoms with Gasteiger partial charge in [0.2, 0.25) is 5.91 Å². The van der Waals surface area contributed by atoms with Crippen molar-refractivity contribution in [3.8, 4) is 0 Å². The fraction of sp³-hybridized carbons (Fsp3) is 0.304. The van der Waals surface area contributed by atoms with Crippen LogP contribution in [-0.4, -0.2) is 30.4 Å². The molecule has 168 valence electrons. The average Bonchev–Trinajstić information content (AvgIpc) is 2.74. The predicted molar refractivity (Wildman–Crippen MR) is 112 cm³/mol. The van der Waals surface area contributed by atoms with E-state index in [9.17, 15) is 23.6 Å². The molecule has 0 spiro atoms. The van der Waals surface area contributed by atoms with Gasteiger partial charge in [-0.25, -0.2) is 9.18 Å². The molecule has 2 N–H and O–H groups in total. The number of piperidine rings is 1. The number of anilines is 1. The maximum absolute atomic E-state index is 14.6. The normalized spacial score (nSPS) is 20.3. The van der Waals surface area contributed by atoms with E-state index in [4.69, 9.17) is 9.47 Å². The Kier molecular flexibility index (Phi) is 6.87. The predicted octanol–water partition coefficient (Wildman–Crippen LogP) is 3.06. The first-order valence-corrected chi connectivity index (χ1v) is 10.0. The van der Waals surface area contributed by atoms with Gasteiger partial charge in [0.05, 0.1) is 12.1 Å². The van der Waals surface area contributed by atoms with E-state index in [0.717, 1.165) is 11.6 Å². The average molecular weight is 442 g/mol. The third-order valence-electron chi connectivity index (χ3n) is 5.05. The molecule has 0 aliphatic carbocycles. The summed E-state index contributed by atoms with van der Waals surface area (Å²) in [4.78, 5) is 49.0. The molecule has 1 aliphatic heterocycles. The van der Waals surface area contributed by atoms with Crippen LogP contribution in [0.5, 0.6) is 0 Å². The highest BCUT2D eigenvalue weighted by Gasteiger charge is 2.47. The Morgan fingerprint density at radius 3 is 2.53 bits per heavy atom. The van der Waals surface area contributed by atoms with Crippen molar-refractivity contribution in [2.24, 2.45) is 5.92 Å². The van der Waals surface area contributed by atoms with Crippen molar-refractivity contribution < 1.29 is 33.0 Å². The number of carbonyl (C=O) groups excluding carboxylic acids is 4. The summed E-state index contributed by atoms with van der Waals surface area (Å²) in [6.07, 6.45) is -1.07. The van der Waals surface area contributed by atoms with E-state index < -0.39 is 41.0 Å². The molecule has 2 aromatic rings. The van der Waals surface area contributed by atoms with Crippen molar-refractivity contribution in [3.63, 3.8) is 0 Å². The highest BCUT2D eigenvalue weighted by atomic mass is 19.1. The first-order chi connectivity index (χ1) is 15.2. The van der Waals surface area contributed by atoms with Crippen LogP contribution in [0.1, 0.15) is 31.4 Å². The van der Waals surface area contributed by atoms with Gasteiger partial charge in [0.1, 0.15) is 12.4 Å². The van der Waals surface area contributed by atoms with Crippen LogP contribution in [0, 0.1) is 11.7 Å². The van der Waals surface area contributed by atoms with Crippen LogP contribution in [0.3, 0.4) is 0 Å². The van der Waals surface area contributed by atoms with E-state index in [1.54, 1.807) is 19.1 Å². The van der Waals surface area contributed by atoms with Crippen molar-refractivity contribution in [1.29, 1.82) is 0 Å². The van der Waals surface area contributed by atoms with Gasteiger partial charge in [0, 0.05) is 17.7 Å². The molecule has 2 aromatic carbocycles. The van der Waals surface area contributed by atoms with Crippen LogP contribution in [0.25, 0.3) is 0 Å². The first-order valence-electron chi connectivity index (χ1n) is 10.0. The number of amides is 2. The zero-order valence-electron chi connectivity index (χ0n) is 17.6. The van der Waals surface area contributed by atoms with E-state index in [0.29, 0.717) is 0 Å². The number of benzene rings is 2. The largest absolute Gasteiger partial charge is 0.465 e. The molecule has 1 unspecified atom stereocenters. The molecule has 1 heterocycles. The van der Waals surface area contributed by atoms with Crippen LogP contribution in [0.4, 0.5) is 14.9 Å². The minimum absolute atomic E-state index is 0.0117. The van der Waals surface area contributed by atoms with E-state index in [2.05, 4.69) is 10.6 Å². The minimum atomic E-state index is -1.58. The van der Waals surface area contributed by atoms with Gasteiger partial charge in [-0.2, -0.15) is 0 Å². The minimum Gasteiger partial charge on any atom is -0.465 e. The van der Waals surface area contributed by atoms with Crippen LogP contribution >= 0.6 is 0 Å². The van der Waals surface area contributed by atoms with Crippen molar-refractivity contribution in [2.45, 2.75) is 32.4 Å². The lowest BCUT2D eigenvalue weighted by atomic mass is 9.79. The first kappa shape index (κ1) is 22.9. The number of hydrogen-bond donors (Lipinski definition) is 2. The van der Waals surface area contributed by atoms with Crippen molar-refractivity contribution in [2.75, 3.05) is 11.9 Å². The number of esters is 1. The van der Waals surface area contributed by atoms with Crippen molar-refractivity contribution >= 4 is 29.4 Å². The molecule has 0 saturated carbocycles. The van der Waals surface area contributed by atoms with Crippen LogP contribution in [-0.2, 0) is 36.0 Å². The van der Waals surface area contributed by atoms with Gasteiger partial charge < -0.3 is 14.8 Å². The second-order valence-corrected chi connectivity index (χ2v) is 7.53. The Hall–Kier alpha value is -3.75. The highest BCUT2D eigenvalue weighted by molar-refractivity contribution is 6.18. The van der Waals surface area contributed by atoms with E-state index in [1.807, 2.05) is 18.2 Å². The van der Waals surface area contributed by atoms with E-state index >= 15 is 0 Å². The Bertz CT molecular complexity index is 1020. The molecule has 0 bridgehead atoms. The molecule has 2 amide bonds. The number of hydrogen-bond acceptors (Lipinski definition) is 6. The molecule has 3 rings (SSSR count).